The number of para-hydroxylation sites is 1. The molecule has 0 spiro atoms. The number of hydrogen-bond donors (Lipinski definition) is 1. The van der Waals surface area contributed by atoms with Gasteiger partial charge in [0.1, 0.15) is 6.17 Å². The Bertz CT molecular complexity index is 818. The Labute approximate surface area is 139 Å². The Morgan fingerprint density at radius 3 is 2.67 bits per heavy atom. The zero-order chi connectivity index (χ0) is 16.7. The van der Waals surface area contributed by atoms with Gasteiger partial charge in [-0.2, -0.15) is 5.10 Å². The minimum absolute atomic E-state index is 0.0897. The smallest absolute Gasteiger partial charge is 0.269 e. The number of nitrogens with one attached hydrogen (secondary N) is 1. The van der Waals surface area contributed by atoms with Gasteiger partial charge in [-0.3, -0.25) is 15.1 Å². The quantitative estimate of drug-likeness (QED) is 0.679. The molecule has 2 aromatic carbocycles. The van der Waals surface area contributed by atoms with Crippen molar-refractivity contribution in [3.8, 4) is 0 Å². The van der Waals surface area contributed by atoms with E-state index in [0.29, 0.717) is 0 Å². The minimum atomic E-state index is -0.379. The molecule has 0 saturated heterocycles. The van der Waals surface area contributed by atoms with E-state index in [4.69, 9.17) is 5.10 Å². The molecule has 0 bridgehead atoms. The molecule has 0 aromatic heterocycles. The van der Waals surface area contributed by atoms with E-state index in [1.54, 1.807) is 24.3 Å². The summed E-state index contributed by atoms with van der Waals surface area (Å²) in [4.78, 5) is 12.7. The lowest BCUT2D eigenvalue weighted by molar-refractivity contribution is -0.384. The third-order valence-corrected chi connectivity index (χ3v) is 4.39. The molecular formula is C17H17N5O2. The van der Waals surface area contributed by atoms with Crippen molar-refractivity contribution >= 4 is 17.2 Å². The molecule has 4 rings (SSSR count). The molecule has 7 heteroatoms. The number of benzene rings is 2. The van der Waals surface area contributed by atoms with Gasteiger partial charge < -0.3 is 10.2 Å². The number of nitro groups is 1. The van der Waals surface area contributed by atoms with Crippen LogP contribution in [-0.2, 0) is 0 Å². The van der Waals surface area contributed by atoms with Gasteiger partial charge in [-0.25, -0.2) is 0 Å². The highest BCUT2D eigenvalue weighted by atomic mass is 16.6. The standard InChI is InChI=1S/C17H17N5O2/c1-20-10-11-21-16(12-6-8-13(9-7-12)22(23)24)18-15-5-3-2-4-14(15)17(21)19-20/h2-9,16,18H,10-11H2,1H3. The molecule has 2 aliphatic rings. The lowest BCUT2D eigenvalue weighted by Crippen LogP contribution is -2.49. The van der Waals surface area contributed by atoms with Crippen LogP contribution in [0.4, 0.5) is 11.4 Å². The summed E-state index contributed by atoms with van der Waals surface area (Å²) in [7, 11) is 1.97. The maximum atomic E-state index is 10.9. The van der Waals surface area contributed by atoms with Crippen molar-refractivity contribution in [3.05, 3.63) is 69.8 Å². The van der Waals surface area contributed by atoms with Crippen molar-refractivity contribution in [2.75, 3.05) is 25.5 Å². The van der Waals surface area contributed by atoms with Crippen LogP contribution in [0.1, 0.15) is 17.3 Å². The fourth-order valence-corrected chi connectivity index (χ4v) is 3.16. The van der Waals surface area contributed by atoms with Gasteiger partial charge in [0.2, 0.25) is 0 Å². The average molecular weight is 323 g/mol. The number of hydrogen-bond acceptors (Lipinski definition) is 6. The van der Waals surface area contributed by atoms with Crippen LogP contribution in [0.25, 0.3) is 0 Å². The van der Waals surface area contributed by atoms with Gasteiger partial charge in [0.05, 0.1) is 11.5 Å². The average Bonchev–Trinajstić information content (AvgIpc) is 2.61. The first kappa shape index (κ1) is 14.5. The van der Waals surface area contributed by atoms with E-state index in [2.05, 4.69) is 16.3 Å². The topological polar surface area (TPSA) is 74.0 Å². The third kappa shape index (κ3) is 2.34. The highest BCUT2D eigenvalue weighted by molar-refractivity contribution is 6.05. The molecule has 2 aliphatic heterocycles. The van der Waals surface area contributed by atoms with Gasteiger partial charge in [-0.05, 0) is 29.8 Å². The molecule has 2 aromatic rings. The van der Waals surface area contributed by atoms with E-state index in [0.717, 1.165) is 35.7 Å². The first-order chi connectivity index (χ1) is 11.6. The summed E-state index contributed by atoms with van der Waals surface area (Å²) in [5.74, 6) is 0.932. The predicted molar refractivity (Wildman–Crippen MR) is 91.8 cm³/mol. The largest absolute Gasteiger partial charge is 0.361 e. The first-order valence-corrected chi connectivity index (χ1v) is 7.80. The molecule has 7 nitrogen and oxygen atoms in total. The normalized spacial score (nSPS) is 19.0. The lowest BCUT2D eigenvalue weighted by Gasteiger charge is -2.43. The van der Waals surface area contributed by atoms with Gasteiger partial charge in [0, 0.05) is 37.0 Å². The Morgan fingerprint density at radius 1 is 1.17 bits per heavy atom. The molecule has 1 unspecified atom stereocenters. The van der Waals surface area contributed by atoms with Crippen molar-refractivity contribution in [1.82, 2.24) is 9.91 Å². The van der Waals surface area contributed by atoms with Crippen LogP contribution < -0.4 is 5.32 Å². The highest BCUT2D eigenvalue weighted by Gasteiger charge is 2.33. The molecule has 24 heavy (non-hydrogen) atoms. The van der Waals surface area contributed by atoms with E-state index in [9.17, 15) is 10.1 Å². The second-order valence-corrected chi connectivity index (χ2v) is 5.94. The summed E-state index contributed by atoms with van der Waals surface area (Å²) in [5.41, 5.74) is 3.17. The van der Waals surface area contributed by atoms with Gasteiger partial charge in [0.15, 0.2) is 5.84 Å². The number of amidine groups is 1. The summed E-state index contributed by atoms with van der Waals surface area (Å²) in [6.45, 7) is 1.66. The number of fused-ring (bicyclic) bond motifs is 3. The monoisotopic (exact) mass is 323 g/mol. The maximum absolute atomic E-state index is 10.9. The zero-order valence-corrected chi connectivity index (χ0v) is 13.2. The number of likely N-dealkylation sites (N-methyl/N-ethyl adjacent to an activating group) is 1. The summed E-state index contributed by atoms with van der Waals surface area (Å²) in [6.07, 6.45) is -0.0897. The Kier molecular flexibility index (Phi) is 3.34. The van der Waals surface area contributed by atoms with Gasteiger partial charge in [-0.15, -0.1) is 0 Å². The van der Waals surface area contributed by atoms with Crippen LogP contribution in [0.15, 0.2) is 53.6 Å². The molecule has 0 radical (unpaired) electrons. The first-order valence-electron chi connectivity index (χ1n) is 7.80. The van der Waals surface area contributed by atoms with Gasteiger partial charge in [-0.1, -0.05) is 12.1 Å². The second-order valence-electron chi connectivity index (χ2n) is 5.94. The van der Waals surface area contributed by atoms with Crippen LogP contribution in [0, 0.1) is 10.1 Å². The SMILES string of the molecule is CN1CCN2C(=N1)c1ccccc1NC2c1ccc([N+](=O)[O-])cc1. The van der Waals surface area contributed by atoms with Crippen molar-refractivity contribution in [2.45, 2.75) is 6.17 Å². The lowest BCUT2D eigenvalue weighted by atomic mass is 10.0. The molecule has 0 amide bonds. The third-order valence-electron chi connectivity index (χ3n) is 4.39. The van der Waals surface area contributed by atoms with E-state index in [1.807, 2.05) is 30.3 Å². The summed E-state index contributed by atoms with van der Waals surface area (Å²) >= 11 is 0. The Balaban J connectivity index is 1.77. The molecule has 2 heterocycles. The number of rotatable bonds is 2. The van der Waals surface area contributed by atoms with Crippen LogP contribution in [0.5, 0.6) is 0 Å². The van der Waals surface area contributed by atoms with Crippen molar-refractivity contribution in [2.24, 2.45) is 5.10 Å². The number of nitro benzene ring substituents is 1. The van der Waals surface area contributed by atoms with Crippen LogP contribution in [-0.4, -0.2) is 40.8 Å². The molecule has 1 N–H and O–H groups in total. The van der Waals surface area contributed by atoms with Crippen molar-refractivity contribution < 1.29 is 4.92 Å². The van der Waals surface area contributed by atoms with Crippen LogP contribution >= 0.6 is 0 Å². The van der Waals surface area contributed by atoms with Crippen LogP contribution in [0.3, 0.4) is 0 Å². The summed E-state index contributed by atoms with van der Waals surface area (Å²) in [6, 6.07) is 14.8. The molecule has 122 valence electrons. The van der Waals surface area contributed by atoms with Gasteiger partial charge >= 0.3 is 0 Å². The number of non-ortho nitro benzene ring substituents is 1. The molecule has 0 aliphatic carbocycles. The molecule has 0 fully saturated rings. The minimum Gasteiger partial charge on any atom is -0.361 e. The van der Waals surface area contributed by atoms with E-state index in [-0.39, 0.29) is 16.8 Å². The van der Waals surface area contributed by atoms with E-state index in [1.165, 1.54) is 0 Å². The zero-order valence-electron chi connectivity index (χ0n) is 13.2. The summed E-state index contributed by atoms with van der Waals surface area (Å²) < 4.78 is 0. The fourth-order valence-electron chi connectivity index (χ4n) is 3.16. The van der Waals surface area contributed by atoms with Crippen LogP contribution in [0.2, 0.25) is 0 Å². The Hall–Kier alpha value is -3.09. The molecule has 1 atom stereocenters. The second kappa shape index (κ2) is 5.52. The van der Waals surface area contributed by atoms with Crippen molar-refractivity contribution in [1.29, 1.82) is 0 Å². The highest BCUT2D eigenvalue weighted by Crippen LogP contribution is 2.35. The van der Waals surface area contributed by atoms with E-state index >= 15 is 0 Å². The maximum Gasteiger partial charge on any atom is 0.269 e. The fraction of sp³-hybridized carbons (Fsp3) is 0.235. The Morgan fingerprint density at radius 2 is 1.92 bits per heavy atom. The predicted octanol–water partition coefficient (Wildman–Crippen LogP) is 2.63. The molecule has 0 saturated carbocycles. The van der Waals surface area contributed by atoms with Gasteiger partial charge in [0.25, 0.3) is 5.69 Å². The summed E-state index contributed by atoms with van der Waals surface area (Å²) in [5, 5.41) is 21.0. The van der Waals surface area contributed by atoms with E-state index < -0.39 is 0 Å². The number of anilines is 1. The van der Waals surface area contributed by atoms with Crippen molar-refractivity contribution in [3.63, 3.8) is 0 Å². The molecular weight excluding hydrogens is 306 g/mol. The number of nitrogens with zero attached hydrogens (tertiary/aromatic N) is 4. The number of hydrazone groups is 1.